The van der Waals surface area contributed by atoms with Gasteiger partial charge in [0, 0.05) is 7.05 Å². The minimum Gasteiger partial charge on any atom is -0.477 e. The van der Waals surface area contributed by atoms with Gasteiger partial charge in [-0.3, -0.25) is 9.48 Å². The highest BCUT2D eigenvalue weighted by Crippen LogP contribution is 2.05. The SMILES string of the molecule is Cn1ncc(C(N)=O)c1C(=O)O. The Morgan fingerprint density at radius 3 is 2.58 bits per heavy atom. The summed E-state index contributed by atoms with van der Waals surface area (Å²) in [4.78, 5) is 21.2. The smallest absolute Gasteiger partial charge is 0.354 e. The van der Waals surface area contributed by atoms with E-state index < -0.39 is 11.9 Å². The molecule has 6 nitrogen and oxygen atoms in total. The molecular weight excluding hydrogens is 162 g/mol. The van der Waals surface area contributed by atoms with Crippen LogP contribution in [-0.4, -0.2) is 26.8 Å². The van der Waals surface area contributed by atoms with E-state index in [2.05, 4.69) is 5.10 Å². The zero-order chi connectivity index (χ0) is 9.30. The Balaban J connectivity index is 3.31. The number of aromatic carboxylic acids is 1. The number of nitrogens with two attached hydrogens (primary N) is 1. The van der Waals surface area contributed by atoms with Crippen molar-refractivity contribution in [3.05, 3.63) is 17.5 Å². The van der Waals surface area contributed by atoms with E-state index in [1.54, 1.807) is 0 Å². The molecule has 0 aliphatic carbocycles. The van der Waals surface area contributed by atoms with Crippen molar-refractivity contribution in [1.82, 2.24) is 9.78 Å². The monoisotopic (exact) mass is 169 g/mol. The topological polar surface area (TPSA) is 98.2 Å². The molecule has 1 aromatic heterocycles. The maximum Gasteiger partial charge on any atom is 0.354 e. The van der Waals surface area contributed by atoms with Crippen molar-refractivity contribution < 1.29 is 14.7 Å². The summed E-state index contributed by atoms with van der Waals surface area (Å²) in [5.74, 6) is -2.01. The lowest BCUT2D eigenvalue weighted by Crippen LogP contribution is -2.16. The van der Waals surface area contributed by atoms with Crippen molar-refractivity contribution >= 4 is 11.9 Å². The van der Waals surface area contributed by atoms with Crippen molar-refractivity contribution in [2.75, 3.05) is 0 Å². The summed E-state index contributed by atoms with van der Waals surface area (Å²) in [5.41, 5.74) is 4.64. The van der Waals surface area contributed by atoms with Gasteiger partial charge in [-0.05, 0) is 0 Å². The van der Waals surface area contributed by atoms with Gasteiger partial charge in [-0.2, -0.15) is 5.10 Å². The standard InChI is InChI=1S/C6H7N3O3/c1-9-4(6(11)12)3(2-8-9)5(7)10/h2H,1H3,(H2,7,10)(H,11,12). The molecule has 0 aromatic carbocycles. The molecule has 3 N–H and O–H groups in total. The summed E-state index contributed by atoms with van der Waals surface area (Å²) < 4.78 is 1.09. The molecule has 0 spiro atoms. The largest absolute Gasteiger partial charge is 0.477 e. The molecule has 0 fully saturated rings. The number of carbonyl (C=O) groups excluding carboxylic acids is 1. The minimum absolute atomic E-state index is 0.0787. The average Bonchev–Trinajstić information content (AvgIpc) is 2.30. The van der Waals surface area contributed by atoms with E-state index in [-0.39, 0.29) is 11.3 Å². The molecule has 64 valence electrons. The van der Waals surface area contributed by atoms with Gasteiger partial charge in [0.2, 0.25) is 0 Å². The number of hydrogen-bond acceptors (Lipinski definition) is 3. The molecule has 0 saturated carbocycles. The van der Waals surface area contributed by atoms with Gasteiger partial charge in [0.05, 0.1) is 11.8 Å². The number of aromatic nitrogens is 2. The number of carboxylic acids is 1. The molecule has 1 aromatic rings. The Morgan fingerprint density at radius 1 is 1.67 bits per heavy atom. The molecule has 0 aliphatic rings. The Hall–Kier alpha value is -1.85. The van der Waals surface area contributed by atoms with Crippen molar-refractivity contribution in [3.63, 3.8) is 0 Å². The van der Waals surface area contributed by atoms with E-state index >= 15 is 0 Å². The summed E-state index contributed by atoms with van der Waals surface area (Å²) in [6.07, 6.45) is 1.13. The number of hydrogen-bond donors (Lipinski definition) is 2. The lowest BCUT2D eigenvalue weighted by Gasteiger charge is -1.95. The highest BCUT2D eigenvalue weighted by Gasteiger charge is 2.18. The Kier molecular flexibility index (Phi) is 1.82. The van der Waals surface area contributed by atoms with Crippen LogP contribution < -0.4 is 5.73 Å². The Bertz CT molecular complexity index is 342. The van der Waals surface area contributed by atoms with Crippen molar-refractivity contribution in [2.45, 2.75) is 0 Å². The zero-order valence-electron chi connectivity index (χ0n) is 6.31. The Labute approximate surface area is 67.6 Å². The molecule has 0 saturated heterocycles. The third-order valence-corrected chi connectivity index (χ3v) is 1.41. The fourth-order valence-electron chi connectivity index (χ4n) is 0.871. The number of aryl methyl sites for hydroxylation is 1. The first-order chi connectivity index (χ1) is 5.54. The fraction of sp³-hybridized carbons (Fsp3) is 0.167. The van der Waals surface area contributed by atoms with Crippen molar-refractivity contribution in [3.8, 4) is 0 Å². The van der Waals surface area contributed by atoms with Crippen LogP contribution in [-0.2, 0) is 7.05 Å². The quantitative estimate of drug-likeness (QED) is 0.606. The number of rotatable bonds is 2. The van der Waals surface area contributed by atoms with Crippen LogP contribution in [0.4, 0.5) is 0 Å². The third kappa shape index (κ3) is 1.14. The van der Waals surface area contributed by atoms with Crippen LogP contribution in [0.2, 0.25) is 0 Å². The first-order valence-electron chi connectivity index (χ1n) is 3.09. The third-order valence-electron chi connectivity index (χ3n) is 1.41. The highest BCUT2D eigenvalue weighted by atomic mass is 16.4. The van der Waals surface area contributed by atoms with Crippen molar-refractivity contribution in [2.24, 2.45) is 12.8 Å². The van der Waals surface area contributed by atoms with Crippen LogP contribution >= 0.6 is 0 Å². The normalized spacial score (nSPS) is 9.75. The van der Waals surface area contributed by atoms with Crippen LogP contribution in [0.1, 0.15) is 20.8 Å². The van der Waals surface area contributed by atoms with E-state index in [1.165, 1.54) is 7.05 Å². The maximum atomic E-state index is 10.6. The number of amides is 1. The molecule has 1 amide bonds. The summed E-state index contributed by atoms with van der Waals surface area (Å²) in [5, 5.41) is 12.2. The van der Waals surface area contributed by atoms with Gasteiger partial charge >= 0.3 is 5.97 Å². The van der Waals surface area contributed by atoms with E-state index in [0.717, 1.165) is 10.9 Å². The average molecular weight is 169 g/mol. The number of primary amides is 1. The van der Waals surface area contributed by atoms with E-state index in [0.29, 0.717) is 0 Å². The minimum atomic E-state index is -1.22. The maximum absolute atomic E-state index is 10.6. The van der Waals surface area contributed by atoms with Crippen LogP contribution in [0.15, 0.2) is 6.20 Å². The number of carboxylic acid groups (broad SMARTS) is 1. The second-order valence-corrected chi connectivity index (χ2v) is 2.20. The van der Waals surface area contributed by atoms with Gasteiger partial charge in [0.15, 0.2) is 5.69 Å². The molecule has 0 unspecified atom stereocenters. The first kappa shape index (κ1) is 8.25. The van der Waals surface area contributed by atoms with Gasteiger partial charge in [0.25, 0.3) is 5.91 Å². The van der Waals surface area contributed by atoms with Crippen LogP contribution in [0, 0.1) is 0 Å². The Morgan fingerprint density at radius 2 is 2.25 bits per heavy atom. The van der Waals surface area contributed by atoms with Crippen LogP contribution in [0.5, 0.6) is 0 Å². The summed E-state index contributed by atoms with van der Waals surface area (Å²) in [7, 11) is 1.43. The van der Waals surface area contributed by atoms with Gasteiger partial charge < -0.3 is 10.8 Å². The molecule has 1 rings (SSSR count). The molecule has 0 bridgehead atoms. The number of carbonyl (C=O) groups is 2. The molecule has 0 aliphatic heterocycles. The summed E-state index contributed by atoms with van der Waals surface area (Å²) in [6, 6.07) is 0. The van der Waals surface area contributed by atoms with E-state index in [9.17, 15) is 9.59 Å². The van der Waals surface area contributed by atoms with Crippen LogP contribution in [0.3, 0.4) is 0 Å². The summed E-state index contributed by atoms with van der Waals surface area (Å²) >= 11 is 0. The molecule has 12 heavy (non-hydrogen) atoms. The van der Waals surface area contributed by atoms with E-state index in [4.69, 9.17) is 10.8 Å². The number of nitrogens with zero attached hydrogens (tertiary/aromatic N) is 2. The van der Waals surface area contributed by atoms with Gasteiger partial charge in [-0.25, -0.2) is 4.79 Å². The van der Waals surface area contributed by atoms with Gasteiger partial charge in [-0.1, -0.05) is 0 Å². The lowest BCUT2D eigenvalue weighted by molar-refractivity contribution is 0.0680. The first-order valence-corrected chi connectivity index (χ1v) is 3.09. The zero-order valence-corrected chi connectivity index (χ0v) is 6.31. The lowest BCUT2D eigenvalue weighted by atomic mass is 10.2. The van der Waals surface area contributed by atoms with Crippen molar-refractivity contribution in [1.29, 1.82) is 0 Å². The van der Waals surface area contributed by atoms with E-state index in [1.807, 2.05) is 0 Å². The predicted molar refractivity (Wildman–Crippen MR) is 38.7 cm³/mol. The molecule has 6 heteroatoms. The molecule has 0 atom stereocenters. The van der Waals surface area contributed by atoms with Gasteiger partial charge in [-0.15, -0.1) is 0 Å². The predicted octanol–water partition coefficient (Wildman–Crippen LogP) is -0.783. The fourth-order valence-corrected chi connectivity index (χ4v) is 0.871. The summed E-state index contributed by atoms with van der Waals surface area (Å²) in [6.45, 7) is 0. The molecule has 0 radical (unpaired) electrons. The second kappa shape index (κ2) is 2.65. The van der Waals surface area contributed by atoms with Gasteiger partial charge in [0.1, 0.15) is 0 Å². The van der Waals surface area contributed by atoms with Crippen LogP contribution in [0.25, 0.3) is 0 Å². The second-order valence-electron chi connectivity index (χ2n) is 2.20. The molecular formula is C6H7N3O3. The molecule has 1 heterocycles. The highest BCUT2D eigenvalue weighted by molar-refractivity contribution is 6.02.